The van der Waals surface area contributed by atoms with Gasteiger partial charge < -0.3 is 15.4 Å². The molecule has 114 valence electrons. The molecule has 0 saturated carbocycles. The number of methoxy groups -OCH3 is 1. The number of likely N-dealkylation sites (tertiary alicyclic amines) is 1. The molecule has 21 heavy (non-hydrogen) atoms. The van der Waals surface area contributed by atoms with E-state index >= 15 is 0 Å². The molecule has 2 atom stereocenters. The molecular weight excluding hydrogens is 299 g/mol. The third-order valence-corrected chi connectivity index (χ3v) is 4.16. The Balaban J connectivity index is 2.35. The molecule has 2 N–H and O–H groups in total. The summed E-state index contributed by atoms with van der Waals surface area (Å²) in [7, 11) is 1.49. The standard InChI is InChI=1S/C14H16ClFN2O3/c1-7-3-4-9(12(16)11(7)15)14(20)18-6-8(21-2)5-10(18)13(17)19/h3-4,8,10H,5-6H2,1-2H3,(H2,17,19)/t8-,10-/m0/s1. The normalized spacial score (nSPS) is 21.6. The smallest absolute Gasteiger partial charge is 0.257 e. The minimum Gasteiger partial charge on any atom is -0.380 e. The van der Waals surface area contributed by atoms with Crippen LogP contribution < -0.4 is 5.73 Å². The Bertz CT molecular complexity index is 594. The van der Waals surface area contributed by atoms with Crippen molar-refractivity contribution in [2.45, 2.75) is 25.5 Å². The summed E-state index contributed by atoms with van der Waals surface area (Å²) in [5.74, 6) is -2.04. The van der Waals surface area contributed by atoms with Crippen molar-refractivity contribution >= 4 is 23.4 Å². The first-order valence-corrected chi connectivity index (χ1v) is 6.82. The molecule has 0 spiro atoms. The summed E-state index contributed by atoms with van der Waals surface area (Å²) >= 11 is 5.83. The molecule has 1 saturated heterocycles. The average molecular weight is 315 g/mol. The Hall–Kier alpha value is -1.66. The van der Waals surface area contributed by atoms with Gasteiger partial charge >= 0.3 is 0 Å². The highest BCUT2D eigenvalue weighted by molar-refractivity contribution is 6.31. The summed E-state index contributed by atoms with van der Waals surface area (Å²) in [5, 5.41) is -0.0982. The van der Waals surface area contributed by atoms with Crippen LogP contribution in [-0.2, 0) is 9.53 Å². The van der Waals surface area contributed by atoms with E-state index in [0.717, 1.165) is 0 Å². The van der Waals surface area contributed by atoms with E-state index in [1.165, 1.54) is 18.1 Å². The molecule has 0 radical (unpaired) electrons. The molecule has 1 fully saturated rings. The zero-order valence-electron chi connectivity index (χ0n) is 11.7. The van der Waals surface area contributed by atoms with Gasteiger partial charge in [-0.25, -0.2) is 4.39 Å². The lowest BCUT2D eigenvalue weighted by Crippen LogP contribution is -2.44. The number of carbonyl (C=O) groups excluding carboxylic acids is 2. The highest BCUT2D eigenvalue weighted by Crippen LogP contribution is 2.27. The molecule has 2 rings (SSSR count). The maximum absolute atomic E-state index is 14.1. The lowest BCUT2D eigenvalue weighted by Gasteiger charge is -2.22. The molecule has 5 nitrogen and oxygen atoms in total. The van der Waals surface area contributed by atoms with Gasteiger partial charge in [0.1, 0.15) is 6.04 Å². The van der Waals surface area contributed by atoms with E-state index in [9.17, 15) is 14.0 Å². The minimum atomic E-state index is -0.804. The minimum absolute atomic E-state index is 0.0982. The van der Waals surface area contributed by atoms with E-state index in [1.54, 1.807) is 13.0 Å². The van der Waals surface area contributed by atoms with Gasteiger partial charge in [0.05, 0.1) is 16.7 Å². The number of rotatable bonds is 3. The number of primary amides is 1. The van der Waals surface area contributed by atoms with E-state index in [1.807, 2.05) is 0 Å². The number of nitrogens with two attached hydrogens (primary N) is 1. The first-order valence-electron chi connectivity index (χ1n) is 6.44. The van der Waals surface area contributed by atoms with Crippen molar-refractivity contribution in [3.8, 4) is 0 Å². The maximum atomic E-state index is 14.1. The van der Waals surface area contributed by atoms with Gasteiger partial charge in [0.2, 0.25) is 5.91 Å². The third-order valence-electron chi connectivity index (χ3n) is 3.69. The second-order valence-corrected chi connectivity index (χ2v) is 5.41. The molecule has 0 aromatic heterocycles. The van der Waals surface area contributed by atoms with Crippen LogP contribution in [0.4, 0.5) is 4.39 Å². The predicted octanol–water partition coefficient (Wildman–Crippen LogP) is 1.50. The van der Waals surface area contributed by atoms with Crippen LogP contribution in [0.25, 0.3) is 0 Å². The Morgan fingerprint density at radius 1 is 1.48 bits per heavy atom. The van der Waals surface area contributed by atoms with Crippen LogP contribution in [-0.4, -0.2) is 42.5 Å². The molecular formula is C14H16ClFN2O3. The summed E-state index contributed by atoms with van der Waals surface area (Å²) < 4.78 is 19.3. The fourth-order valence-electron chi connectivity index (χ4n) is 2.43. The first kappa shape index (κ1) is 15.7. The summed E-state index contributed by atoms with van der Waals surface area (Å²) in [5.41, 5.74) is 5.67. The number of ether oxygens (including phenoxy) is 1. The molecule has 1 aliphatic rings. The molecule has 0 aliphatic carbocycles. The maximum Gasteiger partial charge on any atom is 0.257 e. The van der Waals surface area contributed by atoms with Gasteiger partial charge in [0, 0.05) is 20.1 Å². The van der Waals surface area contributed by atoms with Gasteiger partial charge in [0.25, 0.3) is 5.91 Å². The SMILES string of the molecule is CO[C@H]1C[C@@H](C(N)=O)N(C(=O)c2ccc(C)c(Cl)c2F)C1. The van der Waals surface area contributed by atoms with Crippen molar-refractivity contribution in [3.63, 3.8) is 0 Å². The van der Waals surface area contributed by atoms with Crippen LogP contribution in [0.15, 0.2) is 12.1 Å². The highest BCUT2D eigenvalue weighted by Gasteiger charge is 2.39. The summed E-state index contributed by atoms with van der Waals surface area (Å²) in [6.07, 6.45) is 0.00845. The first-order chi connectivity index (χ1) is 9.86. The lowest BCUT2D eigenvalue weighted by molar-refractivity contribution is -0.121. The molecule has 2 amide bonds. The predicted molar refractivity (Wildman–Crippen MR) is 75.6 cm³/mol. The lowest BCUT2D eigenvalue weighted by atomic mass is 10.1. The van der Waals surface area contributed by atoms with Gasteiger partial charge in [-0.05, 0) is 18.6 Å². The van der Waals surface area contributed by atoms with Crippen molar-refractivity contribution in [3.05, 3.63) is 34.1 Å². The molecule has 1 aliphatic heterocycles. The number of carbonyl (C=O) groups is 2. The van der Waals surface area contributed by atoms with Gasteiger partial charge in [-0.1, -0.05) is 17.7 Å². The third kappa shape index (κ3) is 2.87. The fraction of sp³-hybridized carbons (Fsp3) is 0.429. The van der Waals surface area contributed by atoms with E-state index in [2.05, 4.69) is 0 Å². The second-order valence-electron chi connectivity index (χ2n) is 5.03. The summed E-state index contributed by atoms with van der Waals surface area (Å²) in [6.45, 7) is 1.83. The van der Waals surface area contributed by atoms with Crippen LogP contribution in [0, 0.1) is 12.7 Å². The number of halogens is 2. The van der Waals surface area contributed by atoms with Crippen LogP contribution >= 0.6 is 11.6 Å². The van der Waals surface area contributed by atoms with E-state index in [0.29, 0.717) is 12.0 Å². The van der Waals surface area contributed by atoms with Crippen LogP contribution in [0.5, 0.6) is 0 Å². The van der Waals surface area contributed by atoms with Crippen molar-refractivity contribution in [1.82, 2.24) is 4.90 Å². The topological polar surface area (TPSA) is 72.6 Å². The Morgan fingerprint density at radius 2 is 2.14 bits per heavy atom. The summed E-state index contributed by atoms with van der Waals surface area (Å²) in [4.78, 5) is 25.2. The number of hydrogen-bond acceptors (Lipinski definition) is 3. The van der Waals surface area contributed by atoms with Crippen molar-refractivity contribution in [2.24, 2.45) is 5.73 Å². The molecule has 1 aromatic carbocycles. The monoisotopic (exact) mass is 314 g/mol. The van der Waals surface area contributed by atoms with Crippen molar-refractivity contribution in [1.29, 1.82) is 0 Å². The highest BCUT2D eigenvalue weighted by atomic mass is 35.5. The number of hydrogen-bond donors (Lipinski definition) is 1. The largest absolute Gasteiger partial charge is 0.380 e. The van der Waals surface area contributed by atoms with Gasteiger partial charge in [0.15, 0.2) is 5.82 Å². The fourth-order valence-corrected chi connectivity index (χ4v) is 2.59. The summed E-state index contributed by atoms with van der Waals surface area (Å²) in [6, 6.07) is 2.11. The Kier molecular flexibility index (Phi) is 4.49. The number of amides is 2. The van der Waals surface area contributed by atoms with Gasteiger partial charge in [-0.2, -0.15) is 0 Å². The van der Waals surface area contributed by atoms with E-state index in [4.69, 9.17) is 22.1 Å². The van der Waals surface area contributed by atoms with Gasteiger partial charge in [-0.15, -0.1) is 0 Å². The van der Waals surface area contributed by atoms with E-state index in [-0.39, 0.29) is 23.2 Å². The van der Waals surface area contributed by atoms with Crippen LogP contribution in [0.3, 0.4) is 0 Å². The Morgan fingerprint density at radius 3 is 2.71 bits per heavy atom. The quantitative estimate of drug-likeness (QED) is 0.919. The number of benzene rings is 1. The molecule has 0 bridgehead atoms. The molecule has 0 unspecified atom stereocenters. The molecule has 1 heterocycles. The van der Waals surface area contributed by atoms with Crippen molar-refractivity contribution in [2.75, 3.05) is 13.7 Å². The van der Waals surface area contributed by atoms with E-state index < -0.39 is 23.7 Å². The van der Waals surface area contributed by atoms with Crippen LogP contribution in [0.1, 0.15) is 22.3 Å². The average Bonchev–Trinajstić information content (AvgIpc) is 2.89. The second kappa shape index (κ2) is 5.99. The van der Waals surface area contributed by atoms with Crippen LogP contribution in [0.2, 0.25) is 5.02 Å². The zero-order valence-corrected chi connectivity index (χ0v) is 12.5. The zero-order chi connectivity index (χ0) is 15.7. The van der Waals surface area contributed by atoms with Crippen molar-refractivity contribution < 1.29 is 18.7 Å². The molecule has 1 aromatic rings. The number of nitrogens with zero attached hydrogens (tertiary/aromatic N) is 1. The molecule has 7 heteroatoms. The van der Waals surface area contributed by atoms with Gasteiger partial charge in [-0.3, -0.25) is 9.59 Å². The Labute approximate surface area is 126 Å². The number of aryl methyl sites for hydroxylation is 1.